The van der Waals surface area contributed by atoms with E-state index in [4.69, 9.17) is 20.9 Å². The molecular weight excluding hydrogens is 1200 g/mol. The summed E-state index contributed by atoms with van der Waals surface area (Å²) in [5.74, 6) is -7.67. The van der Waals surface area contributed by atoms with Gasteiger partial charge in [-0.2, -0.15) is 0 Å². The number of aliphatic hydroxyl groups excluding tert-OH is 6. The van der Waals surface area contributed by atoms with Crippen LogP contribution in [-0.4, -0.2) is 232 Å². The van der Waals surface area contributed by atoms with Crippen LogP contribution in [0.15, 0.2) is 91.0 Å². The van der Waals surface area contributed by atoms with Crippen molar-refractivity contribution in [1.82, 2.24) is 36.4 Å². The summed E-state index contributed by atoms with van der Waals surface area (Å²) in [6, 6.07) is 15.9. The van der Waals surface area contributed by atoms with E-state index in [2.05, 4.69) is 55.4 Å². The summed E-state index contributed by atoms with van der Waals surface area (Å²) in [7, 11) is 0. The number of unbranched alkanes of at least 4 members (excludes halogenated alkanes) is 3. The number of phenols is 1. The number of β-amino-alcohol motifs (C(OH)–C–C–N with tert-alkyl or cyclic N) is 1. The minimum Gasteiger partial charge on any atom is -0.504 e. The van der Waals surface area contributed by atoms with Crippen molar-refractivity contribution in [1.29, 1.82) is 0 Å². The van der Waals surface area contributed by atoms with Crippen LogP contribution < -0.4 is 57.3 Å². The zero-order valence-electron chi connectivity index (χ0n) is 52.8. The number of carbonyl (C=O) groups is 7. The number of fused-ring (bicyclic) bond motifs is 2. The predicted octanol–water partition coefficient (Wildman–Crippen LogP) is -1.02. The molecule has 0 radical (unpaired) electrons. The number of piperazine rings is 1. The smallest absolute Gasteiger partial charge is 0.251 e. The zero-order valence-corrected chi connectivity index (χ0v) is 52.8. The number of aliphatic hydroxyl groups is 6. The van der Waals surface area contributed by atoms with Crippen LogP contribution >= 0.6 is 0 Å². The van der Waals surface area contributed by atoms with E-state index in [1.807, 2.05) is 36.4 Å². The van der Waals surface area contributed by atoms with Crippen molar-refractivity contribution >= 4 is 52.7 Å². The summed E-state index contributed by atoms with van der Waals surface area (Å²) in [4.78, 5) is 108. The molecule has 4 aromatic rings. The lowest BCUT2D eigenvalue weighted by atomic mass is 9.98. The molecule has 0 bridgehead atoms. The average molecular weight is 1290 g/mol. The van der Waals surface area contributed by atoms with Crippen molar-refractivity contribution in [3.63, 3.8) is 0 Å². The molecule has 13 atom stereocenters. The van der Waals surface area contributed by atoms with Gasteiger partial charge in [0, 0.05) is 94.5 Å². The summed E-state index contributed by atoms with van der Waals surface area (Å²) in [6.07, 6.45) is -7.18. The Kier molecular flexibility index (Phi) is 25.2. The number of rotatable bonds is 21. The van der Waals surface area contributed by atoms with Gasteiger partial charge in [-0.15, -0.1) is 0 Å². The molecule has 27 nitrogen and oxygen atoms in total. The van der Waals surface area contributed by atoms with Gasteiger partial charge < -0.3 is 103 Å². The van der Waals surface area contributed by atoms with Gasteiger partial charge in [-0.05, 0) is 104 Å². The van der Waals surface area contributed by atoms with Crippen molar-refractivity contribution in [2.75, 3.05) is 81.9 Å². The van der Waals surface area contributed by atoms with Crippen LogP contribution in [0.1, 0.15) is 81.6 Å². The Morgan fingerprint density at radius 1 is 0.656 bits per heavy atom. The Labute approximate surface area is 540 Å². The van der Waals surface area contributed by atoms with Gasteiger partial charge in [-0.25, -0.2) is 0 Å². The number of hydrogen-bond acceptors (Lipinski definition) is 20. The Balaban J connectivity index is 1.01. The molecule has 4 aromatic carbocycles. The third-order valence-electron chi connectivity index (χ3n) is 17.5. The van der Waals surface area contributed by atoms with E-state index < -0.39 is 152 Å². The SMILES string of the molecule is CCCCCCOc1ccc(N2CCN(c3ccc(-c4ccc(C(=O)NC5C[C@@H](O)CNC(=O)[C@@H]6[C@@H](O)[C@@H](C)CN6C(=O)[C@H]([C@H](O)CCN)NC(=O)[C@H]([C@H](O)Cc6ccc(O)c(OCCN)c6)NC(=O)[C@@H]6C[C@@H](O)CN6C(=O)[C@H]([C@@H](C)O)NC5=O)cc4)cc3)CC2)cc1. The van der Waals surface area contributed by atoms with Crippen molar-refractivity contribution in [3.8, 4) is 28.4 Å². The normalized spacial score (nSPS) is 25.5. The second-order valence-electron chi connectivity index (χ2n) is 24.5. The van der Waals surface area contributed by atoms with Crippen molar-refractivity contribution in [2.45, 2.75) is 145 Å². The van der Waals surface area contributed by atoms with Crippen LogP contribution in [0.2, 0.25) is 0 Å². The number of aromatic hydroxyl groups is 1. The molecule has 0 spiro atoms. The van der Waals surface area contributed by atoms with Gasteiger partial charge in [0.15, 0.2) is 11.5 Å². The van der Waals surface area contributed by atoms with Crippen molar-refractivity contribution in [3.05, 3.63) is 102 Å². The minimum absolute atomic E-state index is 0.00213. The fourth-order valence-electron chi connectivity index (χ4n) is 12.2. The van der Waals surface area contributed by atoms with Gasteiger partial charge in [0.05, 0.1) is 43.2 Å². The maximum absolute atomic E-state index is 14.7. The van der Waals surface area contributed by atoms with E-state index in [0.717, 1.165) is 77.1 Å². The molecule has 0 saturated carbocycles. The molecular formula is C66H91N11O16. The Morgan fingerprint density at radius 2 is 1.27 bits per heavy atom. The lowest BCUT2D eigenvalue weighted by molar-refractivity contribution is -0.147. The Bertz CT molecular complexity index is 3170. The van der Waals surface area contributed by atoms with Gasteiger partial charge in [0.1, 0.15) is 48.6 Å². The van der Waals surface area contributed by atoms with E-state index in [0.29, 0.717) is 6.61 Å². The minimum atomic E-state index is -2.04. The number of benzene rings is 4. The fraction of sp³-hybridized carbons (Fsp3) is 0.530. The first-order valence-corrected chi connectivity index (χ1v) is 32.1. The Hall–Kier alpha value is -8.15. The molecule has 4 fully saturated rings. The first-order chi connectivity index (χ1) is 44.6. The zero-order chi connectivity index (χ0) is 67.0. The molecule has 1 unspecified atom stereocenters. The van der Waals surface area contributed by atoms with Crippen LogP contribution in [0, 0.1) is 5.92 Å². The quantitative estimate of drug-likeness (QED) is 0.0444. The summed E-state index contributed by atoms with van der Waals surface area (Å²) in [5.41, 5.74) is 15.6. The molecule has 506 valence electrons. The van der Waals surface area contributed by atoms with Crippen molar-refractivity contribution in [2.24, 2.45) is 17.4 Å². The van der Waals surface area contributed by atoms with E-state index in [1.165, 1.54) is 50.1 Å². The number of nitrogens with zero attached hydrogens (tertiary/aromatic N) is 4. The largest absolute Gasteiger partial charge is 0.504 e. The number of phenolic OH excluding ortho intramolecular Hbond substituents is 1. The second kappa shape index (κ2) is 33.1. The number of hydrogen-bond donors (Lipinski definition) is 14. The number of nitrogens with two attached hydrogens (primary N) is 2. The first kappa shape index (κ1) is 70.7. The van der Waals surface area contributed by atoms with Crippen LogP contribution in [0.3, 0.4) is 0 Å². The molecule has 8 rings (SSSR count). The fourth-order valence-corrected chi connectivity index (χ4v) is 12.2. The highest BCUT2D eigenvalue weighted by molar-refractivity contribution is 6.00. The monoisotopic (exact) mass is 1290 g/mol. The molecule has 4 aliphatic heterocycles. The predicted molar refractivity (Wildman–Crippen MR) is 344 cm³/mol. The highest BCUT2D eigenvalue weighted by atomic mass is 16.5. The maximum Gasteiger partial charge on any atom is 0.251 e. The molecule has 27 heteroatoms. The van der Waals surface area contributed by atoms with Crippen LogP contribution in [0.25, 0.3) is 11.1 Å². The highest BCUT2D eigenvalue weighted by Gasteiger charge is 2.50. The number of amides is 7. The average Bonchev–Trinajstić information content (AvgIpc) is 1.69. The molecule has 4 aliphatic rings. The summed E-state index contributed by atoms with van der Waals surface area (Å²) >= 11 is 0. The van der Waals surface area contributed by atoms with Gasteiger partial charge in [0.25, 0.3) is 5.91 Å². The molecule has 16 N–H and O–H groups in total. The Morgan fingerprint density at radius 3 is 1.89 bits per heavy atom. The van der Waals surface area contributed by atoms with Crippen LogP contribution in [-0.2, 0) is 35.2 Å². The van der Waals surface area contributed by atoms with Crippen LogP contribution in [0.4, 0.5) is 11.4 Å². The topological polar surface area (TPSA) is 405 Å². The summed E-state index contributed by atoms with van der Waals surface area (Å²) in [6.45, 7) is 7.31. The molecule has 93 heavy (non-hydrogen) atoms. The van der Waals surface area contributed by atoms with E-state index >= 15 is 0 Å². The molecule has 4 heterocycles. The molecule has 0 aromatic heterocycles. The number of ether oxygens (including phenoxy) is 2. The summed E-state index contributed by atoms with van der Waals surface area (Å²) in [5, 5.41) is 91.5. The van der Waals surface area contributed by atoms with Crippen LogP contribution in [0.5, 0.6) is 17.2 Å². The van der Waals surface area contributed by atoms with Gasteiger partial charge >= 0.3 is 0 Å². The first-order valence-electron chi connectivity index (χ1n) is 32.1. The highest BCUT2D eigenvalue weighted by Crippen LogP contribution is 2.31. The van der Waals surface area contributed by atoms with Gasteiger partial charge in [0.2, 0.25) is 35.4 Å². The maximum atomic E-state index is 14.7. The standard InChI is InChI=1S/C66H91N11O16/c1-4-5-6-7-29-92-48-19-17-45(18-20-48)75-27-25-74(26-28-75)44-15-13-42(14-16-44)41-9-11-43(12-10-41)60(85)70-49-33-46(79)35-69-64(89)58-59(84)38(2)36-77(58)66(91)57(52(82)22-23-67)73-63(88)56(53(83)31-40-8-21-51(81)54(32-40)93-30-24-68)72-62(87)50-34-47(80)37-76(50)65(90)55(39(3)78)71-61(49)86/h8-21,32,38-39,46-47,49-50,52-53,55-59,78-84H,4-7,22-31,33-37,67-68H2,1-3H3,(H,69,89)(H,70,85)(H,71,86)(H,72,87)(H,73,88)/t38-,39+,46+,47+,49?,50-,52+,53+,55-,56-,57-,58-,59-/m0/s1. The third kappa shape index (κ3) is 18.2. The van der Waals surface area contributed by atoms with Gasteiger partial charge in [-0.3, -0.25) is 33.6 Å². The molecule has 7 amide bonds. The van der Waals surface area contributed by atoms with E-state index in [9.17, 15) is 69.3 Å². The molecule has 0 aliphatic carbocycles. The second-order valence-corrected chi connectivity index (χ2v) is 24.5. The van der Waals surface area contributed by atoms with E-state index in [-0.39, 0.29) is 55.3 Å². The lowest BCUT2D eigenvalue weighted by Crippen LogP contribution is -2.64. The number of carbonyl (C=O) groups excluding carboxylic acids is 7. The molecule has 4 saturated heterocycles. The number of nitrogens with one attached hydrogen (secondary N) is 5. The third-order valence-corrected chi connectivity index (χ3v) is 17.5. The lowest BCUT2D eigenvalue weighted by Gasteiger charge is -2.37. The number of anilines is 2. The van der Waals surface area contributed by atoms with Crippen molar-refractivity contribution < 1.29 is 78.8 Å². The van der Waals surface area contributed by atoms with E-state index in [1.54, 1.807) is 19.1 Å². The summed E-state index contributed by atoms with van der Waals surface area (Å²) < 4.78 is 11.5. The van der Waals surface area contributed by atoms with Gasteiger partial charge in [-0.1, -0.05) is 63.4 Å².